The summed E-state index contributed by atoms with van der Waals surface area (Å²) in [4.78, 5) is -0.821. The zero-order valence-corrected chi connectivity index (χ0v) is 26.0. The predicted molar refractivity (Wildman–Crippen MR) is 136 cm³/mol. The van der Waals surface area contributed by atoms with E-state index in [1.54, 1.807) is 0 Å². The van der Waals surface area contributed by atoms with Crippen LogP contribution >= 0.6 is 220 Å². The van der Waals surface area contributed by atoms with E-state index in [0.717, 1.165) is 0 Å². The molecular weight excluding hydrogens is 782 g/mol. The molecule has 0 rings (SSSR count). The molecule has 0 aliphatic carbocycles. The lowest BCUT2D eigenvalue weighted by molar-refractivity contribution is 0.462. The fourth-order valence-corrected chi connectivity index (χ4v) is 6.75. The average Bonchev–Trinajstić information content (AvgIpc) is 2.44. The van der Waals surface area contributed by atoms with Gasteiger partial charge in [0.05, 0.1) is 0 Å². The molecule has 0 N–H and O–H groups in total. The van der Waals surface area contributed by atoms with Crippen LogP contribution in [-0.2, 0) is 0 Å². The molecule has 0 nitrogen and oxygen atoms in total. The highest BCUT2D eigenvalue weighted by molar-refractivity contribution is 6.83. The maximum Gasteiger partial charge on any atom is 0.226 e. The van der Waals surface area contributed by atoms with Crippen LogP contribution in [0.5, 0.6) is 0 Å². The Morgan fingerprint density at radius 1 is 0.321 bits per heavy atom. The smallest absolute Gasteiger partial charge is 0.0946 e. The SMILES string of the molecule is Cl[C](Cl)C(Cl)(Cl)C(Cl)(Cl)C(Cl)(Cl)C(Cl)(Cl)C(Cl)(Cl)C(Cl)(Cl)C(Cl)(Cl)C(Cl)(Cl)Cl. The third kappa shape index (κ3) is 5.28. The van der Waals surface area contributed by atoms with E-state index in [1.165, 1.54) is 0 Å². The summed E-state index contributed by atoms with van der Waals surface area (Å²) in [6.07, 6.45) is 0. The van der Waals surface area contributed by atoms with Crippen molar-refractivity contribution < 1.29 is 0 Å². The first-order valence-corrected chi connectivity index (χ1v) is 12.8. The van der Waals surface area contributed by atoms with Crippen molar-refractivity contribution in [3.05, 3.63) is 4.84 Å². The number of halogens is 19. The van der Waals surface area contributed by atoms with Crippen LogP contribution in [0.1, 0.15) is 0 Å². The van der Waals surface area contributed by atoms with Crippen molar-refractivity contribution in [2.45, 2.75) is 34.1 Å². The van der Waals surface area contributed by atoms with Crippen LogP contribution in [0, 0.1) is 4.84 Å². The molecule has 28 heavy (non-hydrogen) atoms. The summed E-state index contributed by atoms with van der Waals surface area (Å²) in [6, 6.07) is 0. The molecule has 0 atom stereocenters. The molecule has 0 aliphatic heterocycles. The standard InChI is InChI=1S/C9Cl19/c10-1(11)2(12,13)3(14,15)4(16,17)5(18,19)6(20,21)7(22,23)8(24,25)9(26,27)28. The summed E-state index contributed by atoms with van der Waals surface area (Å²) in [5.41, 5.74) is 0. The Balaban J connectivity index is 6.72. The number of alkyl halides is 17. The first kappa shape index (κ1) is 33.5. The molecule has 0 amide bonds. The molecule has 0 aromatic rings. The molecule has 0 aromatic heterocycles. The monoisotopic (exact) mass is 772 g/mol. The highest BCUT2D eigenvalue weighted by Crippen LogP contribution is 2.73. The lowest BCUT2D eigenvalue weighted by atomic mass is 10.0. The number of rotatable bonds is 7. The Bertz CT molecular complexity index is 564. The molecule has 0 fully saturated rings. The summed E-state index contributed by atoms with van der Waals surface area (Å²) in [6.45, 7) is 0. The van der Waals surface area contributed by atoms with E-state index < -0.39 is 39.0 Å². The summed E-state index contributed by atoms with van der Waals surface area (Å²) < 4.78 is -22.9. The third-order valence-corrected chi connectivity index (χ3v) is 15.4. The molecular formula is C9Cl19. The predicted octanol–water partition coefficient (Wildman–Crippen LogP) is 11.5. The molecule has 1 radical (unpaired) electrons. The topological polar surface area (TPSA) is 0 Å². The van der Waals surface area contributed by atoms with Crippen molar-refractivity contribution in [1.82, 2.24) is 0 Å². The van der Waals surface area contributed by atoms with Crippen molar-refractivity contribution in [1.29, 1.82) is 0 Å². The van der Waals surface area contributed by atoms with Gasteiger partial charge < -0.3 is 0 Å². The fraction of sp³-hybridized carbons (Fsp3) is 0.889. The van der Waals surface area contributed by atoms with Gasteiger partial charge in [-0.25, -0.2) is 0 Å². The van der Waals surface area contributed by atoms with Crippen molar-refractivity contribution in [3.63, 3.8) is 0 Å². The summed E-state index contributed by atoms with van der Waals surface area (Å²) in [7, 11) is 0. The maximum absolute atomic E-state index is 6.20. The van der Waals surface area contributed by atoms with Gasteiger partial charge in [0.1, 0.15) is 0 Å². The van der Waals surface area contributed by atoms with Gasteiger partial charge >= 0.3 is 0 Å². The molecule has 0 aliphatic rings. The van der Waals surface area contributed by atoms with Gasteiger partial charge in [-0.15, -0.1) is 0 Å². The Labute approximate surface area is 255 Å². The Hall–Kier alpha value is 5.51. The van der Waals surface area contributed by atoms with Crippen LogP contribution in [0.2, 0.25) is 0 Å². The molecule has 0 heterocycles. The zero-order valence-electron chi connectivity index (χ0n) is 11.7. The lowest BCUT2D eigenvalue weighted by Crippen LogP contribution is -2.70. The summed E-state index contributed by atoms with van der Waals surface area (Å²) in [5, 5.41) is 0. The van der Waals surface area contributed by atoms with E-state index in [-0.39, 0.29) is 0 Å². The van der Waals surface area contributed by atoms with Crippen LogP contribution in [0.25, 0.3) is 0 Å². The Morgan fingerprint density at radius 3 is 0.750 bits per heavy atom. The van der Waals surface area contributed by atoms with E-state index in [1.807, 2.05) is 0 Å². The van der Waals surface area contributed by atoms with Gasteiger partial charge in [0, 0.05) is 0 Å². The minimum absolute atomic E-state index is 0.821. The van der Waals surface area contributed by atoms with Gasteiger partial charge in [0.2, 0.25) is 8.13 Å². The van der Waals surface area contributed by atoms with Crippen molar-refractivity contribution >= 4 is 220 Å². The highest BCUT2D eigenvalue weighted by Gasteiger charge is 2.81. The quantitative estimate of drug-likeness (QED) is 0.226. The van der Waals surface area contributed by atoms with Crippen LogP contribution in [0.3, 0.4) is 0 Å². The first-order chi connectivity index (χ1) is 11.7. The van der Waals surface area contributed by atoms with E-state index in [2.05, 4.69) is 0 Å². The van der Waals surface area contributed by atoms with Crippen molar-refractivity contribution in [3.8, 4) is 0 Å². The fourth-order valence-electron chi connectivity index (χ4n) is 1.28. The maximum atomic E-state index is 6.20. The molecule has 0 unspecified atom stereocenters. The van der Waals surface area contributed by atoms with Gasteiger partial charge in [-0.1, -0.05) is 220 Å². The van der Waals surface area contributed by atoms with Crippen LogP contribution < -0.4 is 0 Å². The van der Waals surface area contributed by atoms with Crippen LogP contribution in [0.4, 0.5) is 0 Å². The molecule has 0 bridgehead atoms. The molecule has 0 saturated carbocycles. The first-order valence-electron chi connectivity index (χ1n) is 5.59. The number of hydrogen-bond acceptors (Lipinski definition) is 0. The van der Waals surface area contributed by atoms with Crippen LogP contribution in [0.15, 0.2) is 0 Å². The third-order valence-electron chi connectivity index (χ3n) is 2.96. The van der Waals surface area contributed by atoms with Gasteiger partial charge in [0.15, 0.2) is 30.8 Å². The second-order valence-corrected chi connectivity index (χ2v) is 17.3. The van der Waals surface area contributed by atoms with E-state index in [4.69, 9.17) is 220 Å². The molecule has 19 heteroatoms. The van der Waals surface area contributed by atoms with Crippen molar-refractivity contribution in [2.75, 3.05) is 0 Å². The minimum atomic E-state index is -3.04. The molecule has 0 aromatic carbocycles. The minimum Gasteiger partial charge on any atom is -0.0946 e. The van der Waals surface area contributed by atoms with Gasteiger partial charge in [0.25, 0.3) is 0 Å². The lowest BCUT2D eigenvalue weighted by Gasteiger charge is -2.54. The zero-order chi connectivity index (χ0) is 23.6. The molecule has 0 spiro atoms. The van der Waals surface area contributed by atoms with Gasteiger partial charge in [-0.2, -0.15) is 0 Å². The van der Waals surface area contributed by atoms with E-state index >= 15 is 0 Å². The van der Waals surface area contributed by atoms with Crippen molar-refractivity contribution in [2.24, 2.45) is 0 Å². The largest absolute Gasteiger partial charge is 0.226 e. The highest BCUT2D eigenvalue weighted by atomic mass is 35.6. The summed E-state index contributed by atoms with van der Waals surface area (Å²) in [5.74, 6) is 0. The normalized spacial score (nSPS) is 16.7. The van der Waals surface area contributed by atoms with E-state index in [0.29, 0.717) is 0 Å². The molecule has 169 valence electrons. The Kier molecular flexibility index (Phi) is 12.1. The van der Waals surface area contributed by atoms with Gasteiger partial charge in [-0.05, 0) is 0 Å². The second kappa shape index (κ2) is 10.1. The van der Waals surface area contributed by atoms with E-state index in [9.17, 15) is 0 Å². The Morgan fingerprint density at radius 2 is 0.536 bits per heavy atom. The van der Waals surface area contributed by atoms with Gasteiger partial charge in [-0.3, -0.25) is 0 Å². The molecule has 0 saturated heterocycles. The number of hydrogen-bond donors (Lipinski definition) is 0. The summed E-state index contributed by atoms with van der Waals surface area (Å²) >= 11 is 113. The second-order valence-electron chi connectivity index (χ2n) is 4.78. The van der Waals surface area contributed by atoms with Crippen LogP contribution in [-0.4, -0.2) is 34.1 Å². The average molecular weight is 782 g/mol.